The highest BCUT2D eigenvalue weighted by Gasteiger charge is 2.23. The van der Waals surface area contributed by atoms with Crippen molar-refractivity contribution in [3.05, 3.63) is 143 Å². The molecule has 6 N–H and O–H groups in total. The summed E-state index contributed by atoms with van der Waals surface area (Å²) in [5, 5.41) is 0. The number of hydrogen-bond donors (Lipinski definition) is 3. The van der Waals surface area contributed by atoms with E-state index in [4.69, 9.17) is 45.6 Å². The molecule has 9 heteroatoms. The molecule has 0 atom stereocenters. The number of rotatable bonds is 9. The van der Waals surface area contributed by atoms with Crippen LogP contribution in [0.4, 0.5) is 17.1 Å². The number of methoxy groups -OCH3 is 3. The van der Waals surface area contributed by atoms with Gasteiger partial charge in [0.15, 0.2) is 51.7 Å². The van der Waals surface area contributed by atoms with Crippen molar-refractivity contribution in [3.63, 3.8) is 0 Å². The maximum atomic E-state index is 6.37. The lowest BCUT2D eigenvalue weighted by Crippen LogP contribution is -2.03. The monoisotopic (exact) mass is 681 g/mol. The summed E-state index contributed by atoms with van der Waals surface area (Å²) in [4.78, 5) is 0. The third-order valence-corrected chi connectivity index (χ3v) is 9.02. The fourth-order valence-electron chi connectivity index (χ4n) is 6.33. The second-order valence-corrected chi connectivity index (χ2v) is 12.3. The lowest BCUT2D eigenvalue weighted by atomic mass is 9.94. The average molecular weight is 682 g/mol. The van der Waals surface area contributed by atoms with E-state index in [9.17, 15) is 0 Å². The Kier molecular flexibility index (Phi) is 9.18. The lowest BCUT2D eigenvalue weighted by molar-refractivity contribution is 0.378. The highest BCUT2D eigenvalue weighted by molar-refractivity contribution is 5.62. The summed E-state index contributed by atoms with van der Waals surface area (Å²) in [6.07, 6.45) is 1.73. The molecule has 0 spiro atoms. The number of fused-ring (bicyclic) bond motifs is 3. The Balaban J connectivity index is 1.40. The Morgan fingerprint density at radius 1 is 0.333 bits per heavy atom. The van der Waals surface area contributed by atoms with Crippen LogP contribution in [0, 0.1) is 0 Å². The quantitative estimate of drug-likeness (QED) is 0.128. The van der Waals surface area contributed by atoms with Crippen LogP contribution in [0.5, 0.6) is 51.7 Å². The van der Waals surface area contributed by atoms with Crippen LogP contribution >= 0.6 is 0 Å². The molecule has 0 aromatic heterocycles. The molecule has 0 bridgehead atoms. The number of ether oxygens (including phenoxy) is 6. The molecule has 0 aliphatic heterocycles. The molecule has 258 valence electrons. The van der Waals surface area contributed by atoms with Crippen LogP contribution in [-0.4, -0.2) is 21.3 Å². The Morgan fingerprint density at radius 3 is 0.804 bits per heavy atom. The van der Waals surface area contributed by atoms with Gasteiger partial charge in [0, 0.05) is 0 Å². The van der Waals surface area contributed by atoms with E-state index in [1.807, 2.05) is 91.0 Å². The Bertz CT molecular complexity index is 1980. The first-order valence-corrected chi connectivity index (χ1v) is 16.5. The Morgan fingerprint density at radius 2 is 0.569 bits per heavy atom. The van der Waals surface area contributed by atoms with E-state index >= 15 is 0 Å². The minimum absolute atomic E-state index is 0.527. The van der Waals surface area contributed by atoms with Crippen molar-refractivity contribution in [2.24, 2.45) is 0 Å². The van der Waals surface area contributed by atoms with Crippen LogP contribution in [0.2, 0.25) is 0 Å². The topological polar surface area (TPSA) is 133 Å². The van der Waals surface area contributed by atoms with Crippen molar-refractivity contribution in [1.29, 1.82) is 0 Å². The summed E-state index contributed by atoms with van der Waals surface area (Å²) >= 11 is 0. The minimum Gasteiger partial charge on any atom is -0.493 e. The molecule has 0 radical (unpaired) electrons. The zero-order valence-corrected chi connectivity index (χ0v) is 28.7. The zero-order chi connectivity index (χ0) is 35.5. The van der Waals surface area contributed by atoms with Gasteiger partial charge in [0.25, 0.3) is 0 Å². The van der Waals surface area contributed by atoms with Gasteiger partial charge in [-0.1, -0.05) is 36.4 Å². The molecule has 9 nitrogen and oxygen atoms in total. The molecule has 1 aliphatic rings. The largest absolute Gasteiger partial charge is 0.493 e. The molecule has 0 amide bonds. The fraction of sp³-hybridized carbons (Fsp3) is 0.143. The third kappa shape index (κ3) is 6.87. The van der Waals surface area contributed by atoms with Crippen LogP contribution in [-0.2, 0) is 19.3 Å². The van der Waals surface area contributed by atoms with Crippen LogP contribution in [0.25, 0.3) is 0 Å². The van der Waals surface area contributed by atoms with Crippen molar-refractivity contribution in [2.45, 2.75) is 19.3 Å². The van der Waals surface area contributed by atoms with Crippen molar-refractivity contribution < 1.29 is 28.4 Å². The van der Waals surface area contributed by atoms with Crippen LogP contribution < -0.4 is 45.6 Å². The molecular formula is C42H39N3O6. The number of para-hydroxylation sites is 6. The van der Waals surface area contributed by atoms with E-state index in [0.29, 0.717) is 88.1 Å². The van der Waals surface area contributed by atoms with Crippen molar-refractivity contribution in [2.75, 3.05) is 38.5 Å². The number of hydrogen-bond acceptors (Lipinski definition) is 9. The number of benzene rings is 6. The number of nitrogen functional groups attached to an aromatic ring is 3. The van der Waals surface area contributed by atoms with Gasteiger partial charge < -0.3 is 45.6 Å². The SMILES string of the molecule is COc1cc2c(cc1Oc1ccccc1N)Cc1cc(OC)c(Oc3ccccc3N)cc1Cc1cc(OC)c(Oc3ccccc3N)cc1C2. The first-order chi connectivity index (χ1) is 24.8. The fourth-order valence-corrected chi connectivity index (χ4v) is 6.33. The second-order valence-electron chi connectivity index (χ2n) is 12.3. The van der Waals surface area contributed by atoms with Gasteiger partial charge in [0.1, 0.15) is 0 Å². The highest BCUT2D eigenvalue weighted by Crippen LogP contribution is 2.44. The molecule has 6 aromatic carbocycles. The number of nitrogens with two attached hydrogens (primary N) is 3. The van der Waals surface area contributed by atoms with Crippen molar-refractivity contribution in [1.82, 2.24) is 0 Å². The van der Waals surface area contributed by atoms with E-state index in [0.717, 1.165) is 33.4 Å². The molecule has 7 rings (SSSR count). The predicted molar refractivity (Wildman–Crippen MR) is 200 cm³/mol. The van der Waals surface area contributed by atoms with Crippen molar-refractivity contribution >= 4 is 17.1 Å². The molecule has 6 aromatic rings. The maximum absolute atomic E-state index is 6.37. The molecular weight excluding hydrogens is 642 g/mol. The van der Waals surface area contributed by atoms with E-state index in [2.05, 4.69) is 0 Å². The first kappa shape index (κ1) is 33.0. The molecule has 0 fully saturated rings. The third-order valence-electron chi connectivity index (χ3n) is 9.02. The highest BCUT2D eigenvalue weighted by atomic mass is 16.5. The van der Waals surface area contributed by atoms with Crippen LogP contribution in [0.15, 0.2) is 109 Å². The summed E-state index contributed by atoms with van der Waals surface area (Å²) in [5.41, 5.74) is 26.7. The summed E-state index contributed by atoms with van der Waals surface area (Å²) in [7, 11) is 4.90. The van der Waals surface area contributed by atoms with Gasteiger partial charge in [0.05, 0.1) is 38.4 Å². The van der Waals surface area contributed by atoms with Gasteiger partial charge in [-0.3, -0.25) is 0 Å². The zero-order valence-electron chi connectivity index (χ0n) is 28.7. The van der Waals surface area contributed by atoms with Gasteiger partial charge in [-0.05, 0) is 125 Å². The first-order valence-electron chi connectivity index (χ1n) is 16.5. The van der Waals surface area contributed by atoms with Gasteiger partial charge in [-0.25, -0.2) is 0 Å². The van der Waals surface area contributed by atoms with Crippen molar-refractivity contribution in [3.8, 4) is 51.7 Å². The lowest BCUT2D eigenvalue weighted by Gasteiger charge is -2.19. The molecule has 51 heavy (non-hydrogen) atoms. The van der Waals surface area contributed by atoms with E-state index in [1.165, 1.54) is 0 Å². The van der Waals surface area contributed by atoms with Crippen LogP contribution in [0.1, 0.15) is 33.4 Å². The van der Waals surface area contributed by atoms with E-state index < -0.39 is 0 Å². The smallest absolute Gasteiger partial charge is 0.169 e. The molecule has 0 heterocycles. The van der Waals surface area contributed by atoms with Gasteiger partial charge in [0.2, 0.25) is 0 Å². The maximum Gasteiger partial charge on any atom is 0.169 e. The van der Waals surface area contributed by atoms with Gasteiger partial charge >= 0.3 is 0 Å². The summed E-state index contributed by atoms with van der Waals surface area (Å²) < 4.78 is 36.8. The summed E-state index contributed by atoms with van der Waals surface area (Å²) in [6, 6.07) is 34.4. The Hall–Kier alpha value is -6.48. The van der Waals surface area contributed by atoms with E-state index in [-0.39, 0.29) is 0 Å². The van der Waals surface area contributed by atoms with E-state index in [1.54, 1.807) is 39.5 Å². The Labute approximate surface area is 297 Å². The molecule has 0 unspecified atom stereocenters. The minimum atomic E-state index is 0.527. The average Bonchev–Trinajstić information content (AvgIpc) is 3.19. The summed E-state index contributed by atoms with van der Waals surface area (Å²) in [6.45, 7) is 0. The standard InChI is InChI=1S/C42H39N3O6/c1-46-37-19-25-16-29-23-41(50-35-14-8-5-11-32(35)44)39(48-3)21-27(29)18-30-24-42(51-36-15-9-6-12-33(36)45)38(47-2)20-26(30)17-28(25)22-40(37)49-34-13-7-4-10-31(34)43/h4-15,19-24H,16-18,43-45H2,1-3H3. The van der Waals surface area contributed by atoms with Gasteiger partial charge in [-0.15, -0.1) is 0 Å². The predicted octanol–water partition coefficient (Wildman–Crippen LogP) is 8.92. The number of anilines is 3. The second kappa shape index (κ2) is 14.2. The molecule has 0 saturated carbocycles. The molecule has 0 saturated heterocycles. The summed E-state index contributed by atoms with van der Waals surface area (Å²) in [5.74, 6) is 5.05. The normalized spacial score (nSPS) is 11.8. The molecule has 1 aliphatic carbocycles. The van der Waals surface area contributed by atoms with Crippen LogP contribution in [0.3, 0.4) is 0 Å². The van der Waals surface area contributed by atoms with Gasteiger partial charge in [-0.2, -0.15) is 0 Å².